The molecule has 0 amide bonds. The van der Waals surface area contributed by atoms with E-state index in [0.29, 0.717) is 6.04 Å². The van der Waals surface area contributed by atoms with Crippen LogP contribution in [0.4, 0.5) is 0 Å². The molecular formula is C12H28N2. The Bertz CT molecular complexity index is 119. The Morgan fingerprint density at radius 2 is 1.71 bits per heavy atom. The first kappa shape index (κ1) is 13.9. The van der Waals surface area contributed by atoms with Crippen LogP contribution in [-0.2, 0) is 0 Å². The lowest BCUT2D eigenvalue weighted by Crippen LogP contribution is -2.36. The minimum absolute atomic E-state index is 0.655. The van der Waals surface area contributed by atoms with Crippen LogP contribution in [0.2, 0.25) is 0 Å². The van der Waals surface area contributed by atoms with Gasteiger partial charge in [0.1, 0.15) is 0 Å². The van der Waals surface area contributed by atoms with Crippen LogP contribution in [0, 0.1) is 5.92 Å². The number of nitrogens with two attached hydrogens (primary N) is 1. The molecule has 0 radical (unpaired) electrons. The van der Waals surface area contributed by atoms with Gasteiger partial charge in [0.2, 0.25) is 0 Å². The standard InChI is InChI=1S/C12H28N2/c1-5-12(6-2)10-14(11(3)4)9-7-8-13/h11-12H,5-10,13H2,1-4H3. The van der Waals surface area contributed by atoms with E-state index in [1.54, 1.807) is 0 Å². The summed E-state index contributed by atoms with van der Waals surface area (Å²) in [7, 11) is 0. The van der Waals surface area contributed by atoms with Gasteiger partial charge in [0.15, 0.2) is 0 Å². The maximum atomic E-state index is 5.55. The number of rotatable bonds is 8. The third kappa shape index (κ3) is 5.61. The predicted molar refractivity (Wildman–Crippen MR) is 64.5 cm³/mol. The van der Waals surface area contributed by atoms with E-state index in [-0.39, 0.29) is 0 Å². The molecule has 2 N–H and O–H groups in total. The highest BCUT2D eigenvalue weighted by molar-refractivity contribution is 4.67. The van der Waals surface area contributed by atoms with Crippen molar-refractivity contribution < 1.29 is 0 Å². The van der Waals surface area contributed by atoms with Gasteiger partial charge in [0, 0.05) is 12.6 Å². The van der Waals surface area contributed by atoms with Crippen molar-refractivity contribution in [3.8, 4) is 0 Å². The molecule has 14 heavy (non-hydrogen) atoms. The first-order valence-corrected chi connectivity index (χ1v) is 6.09. The maximum absolute atomic E-state index is 5.55. The summed E-state index contributed by atoms with van der Waals surface area (Å²) in [4.78, 5) is 2.56. The fraction of sp³-hybridized carbons (Fsp3) is 1.00. The van der Waals surface area contributed by atoms with E-state index in [0.717, 1.165) is 25.4 Å². The van der Waals surface area contributed by atoms with E-state index in [2.05, 4.69) is 32.6 Å². The van der Waals surface area contributed by atoms with Crippen molar-refractivity contribution >= 4 is 0 Å². The van der Waals surface area contributed by atoms with E-state index >= 15 is 0 Å². The summed E-state index contributed by atoms with van der Waals surface area (Å²) >= 11 is 0. The lowest BCUT2D eigenvalue weighted by atomic mass is 10.0. The molecule has 0 fully saturated rings. The molecule has 0 aromatic heterocycles. The molecule has 2 heteroatoms. The minimum atomic E-state index is 0.655. The van der Waals surface area contributed by atoms with Crippen molar-refractivity contribution in [3.05, 3.63) is 0 Å². The average molecular weight is 200 g/mol. The second-order valence-electron chi connectivity index (χ2n) is 4.41. The van der Waals surface area contributed by atoms with Crippen LogP contribution in [0.5, 0.6) is 0 Å². The van der Waals surface area contributed by atoms with Crippen LogP contribution in [-0.4, -0.2) is 30.6 Å². The van der Waals surface area contributed by atoms with Gasteiger partial charge in [0.05, 0.1) is 0 Å². The zero-order chi connectivity index (χ0) is 11.0. The second kappa shape index (κ2) is 8.25. The molecule has 0 unspecified atom stereocenters. The Morgan fingerprint density at radius 3 is 2.07 bits per heavy atom. The van der Waals surface area contributed by atoms with Gasteiger partial charge < -0.3 is 10.6 Å². The van der Waals surface area contributed by atoms with Gasteiger partial charge >= 0.3 is 0 Å². The highest BCUT2D eigenvalue weighted by atomic mass is 15.1. The Hall–Kier alpha value is -0.0800. The van der Waals surface area contributed by atoms with Crippen molar-refractivity contribution in [2.24, 2.45) is 11.7 Å². The van der Waals surface area contributed by atoms with Crippen LogP contribution in [0.25, 0.3) is 0 Å². The normalized spacial score (nSPS) is 12.0. The van der Waals surface area contributed by atoms with Gasteiger partial charge in [-0.25, -0.2) is 0 Å². The zero-order valence-electron chi connectivity index (χ0n) is 10.4. The van der Waals surface area contributed by atoms with Gasteiger partial charge in [0.25, 0.3) is 0 Å². The Morgan fingerprint density at radius 1 is 1.14 bits per heavy atom. The van der Waals surface area contributed by atoms with Crippen molar-refractivity contribution in [3.63, 3.8) is 0 Å². The Kier molecular flexibility index (Phi) is 8.20. The zero-order valence-corrected chi connectivity index (χ0v) is 10.4. The fourth-order valence-corrected chi connectivity index (χ4v) is 1.73. The summed E-state index contributed by atoms with van der Waals surface area (Å²) in [6.45, 7) is 12.3. The molecule has 0 heterocycles. The predicted octanol–water partition coefficient (Wildman–Crippen LogP) is 2.48. The first-order valence-electron chi connectivity index (χ1n) is 6.09. The molecule has 0 atom stereocenters. The molecule has 0 rings (SSSR count). The van der Waals surface area contributed by atoms with E-state index < -0.39 is 0 Å². The average Bonchev–Trinajstić information content (AvgIpc) is 2.18. The molecule has 2 nitrogen and oxygen atoms in total. The first-order chi connectivity index (χ1) is 6.65. The monoisotopic (exact) mass is 200 g/mol. The lowest BCUT2D eigenvalue weighted by molar-refractivity contribution is 0.181. The summed E-state index contributed by atoms with van der Waals surface area (Å²) in [6, 6.07) is 0.655. The summed E-state index contributed by atoms with van der Waals surface area (Å²) in [6.07, 6.45) is 3.71. The van der Waals surface area contributed by atoms with E-state index in [4.69, 9.17) is 5.73 Å². The Labute approximate surface area is 89.9 Å². The Balaban J connectivity index is 3.93. The third-order valence-corrected chi connectivity index (χ3v) is 3.03. The van der Waals surface area contributed by atoms with Crippen molar-refractivity contribution in [1.29, 1.82) is 0 Å². The maximum Gasteiger partial charge on any atom is 0.00387 e. The van der Waals surface area contributed by atoms with Gasteiger partial charge in [-0.15, -0.1) is 0 Å². The van der Waals surface area contributed by atoms with Gasteiger partial charge in [-0.2, -0.15) is 0 Å². The summed E-state index contributed by atoms with van der Waals surface area (Å²) in [5.41, 5.74) is 5.55. The molecule has 0 aliphatic heterocycles. The molecule has 0 aromatic carbocycles. The summed E-state index contributed by atoms with van der Waals surface area (Å²) in [5, 5.41) is 0. The number of nitrogens with zero attached hydrogens (tertiary/aromatic N) is 1. The lowest BCUT2D eigenvalue weighted by Gasteiger charge is -2.29. The van der Waals surface area contributed by atoms with Crippen LogP contribution >= 0.6 is 0 Å². The highest BCUT2D eigenvalue weighted by Gasteiger charge is 2.13. The quantitative estimate of drug-likeness (QED) is 0.652. The minimum Gasteiger partial charge on any atom is -0.330 e. The van der Waals surface area contributed by atoms with Crippen LogP contribution in [0.15, 0.2) is 0 Å². The molecule has 0 aromatic rings. The summed E-state index contributed by atoms with van der Waals surface area (Å²) < 4.78 is 0. The molecular weight excluding hydrogens is 172 g/mol. The van der Waals surface area contributed by atoms with E-state index in [9.17, 15) is 0 Å². The third-order valence-electron chi connectivity index (χ3n) is 3.03. The molecule has 0 spiro atoms. The highest BCUT2D eigenvalue weighted by Crippen LogP contribution is 2.12. The SMILES string of the molecule is CCC(CC)CN(CCCN)C(C)C. The molecule has 0 saturated carbocycles. The van der Waals surface area contributed by atoms with Crippen molar-refractivity contribution in [2.45, 2.75) is 53.0 Å². The molecule has 0 aliphatic rings. The van der Waals surface area contributed by atoms with Crippen LogP contribution in [0.3, 0.4) is 0 Å². The van der Waals surface area contributed by atoms with Crippen LogP contribution in [0.1, 0.15) is 47.0 Å². The smallest absolute Gasteiger partial charge is 0.00387 e. The van der Waals surface area contributed by atoms with E-state index in [1.807, 2.05) is 0 Å². The number of hydrogen-bond acceptors (Lipinski definition) is 2. The topological polar surface area (TPSA) is 29.3 Å². The van der Waals surface area contributed by atoms with Crippen molar-refractivity contribution in [2.75, 3.05) is 19.6 Å². The van der Waals surface area contributed by atoms with Gasteiger partial charge in [-0.1, -0.05) is 26.7 Å². The largest absolute Gasteiger partial charge is 0.330 e. The van der Waals surface area contributed by atoms with E-state index in [1.165, 1.54) is 19.4 Å². The molecule has 0 saturated heterocycles. The van der Waals surface area contributed by atoms with Crippen molar-refractivity contribution in [1.82, 2.24) is 4.90 Å². The van der Waals surface area contributed by atoms with Gasteiger partial charge in [-0.3, -0.25) is 0 Å². The fourth-order valence-electron chi connectivity index (χ4n) is 1.73. The van der Waals surface area contributed by atoms with Gasteiger partial charge in [-0.05, 0) is 39.3 Å². The molecule has 0 bridgehead atoms. The molecule has 86 valence electrons. The molecule has 0 aliphatic carbocycles. The second-order valence-corrected chi connectivity index (χ2v) is 4.41. The number of hydrogen-bond donors (Lipinski definition) is 1. The van der Waals surface area contributed by atoms with Crippen LogP contribution < -0.4 is 5.73 Å². The summed E-state index contributed by atoms with van der Waals surface area (Å²) in [5.74, 6) is 0.857.